The Bertz CT molecular complexity index is 101. The third-order valence-electron chi connectivity index (χ3n) is 0.282. The second-order valence-electron chi connectivity index (χ2n) is 1.06. The summed E-state index contributed by atoms with van der Waals surface area (Å²) >= 11 is 6.74. The minimum atomic E-state index is -2.65. The van der Waals surface area contributed by atoms with Gasteiger partial charge < -0.3 is 4.55 Å². The molecule has 0 spiro atoms. The van der Waals surface area contributed by atoms with Crippen LogP contribution in [0.25, 0.3) is 0 Å². The maximum absolute atomic E-state index is 11.8. The van der Waals surface area contributed by atoms with Crippen molar-refractivity contribution in [1.29, 1.82) is 0 Å². The molecule has 0 heterocycles. The van der Waals surface area contributed by atoms with Gasteiger partial charge in [-0.2, -0.15) is 0 Å². The molecule has 0 aromatic carbocycles. The highest BCUT2D eigenvalue weighted by molar-refractivity contribution is 7.79. The molecule has 8 heavy (non-hydrogen) atoms. The van der Waals surface area contributed by atoms with E-state index in [2.05, 4.69) is 23.2 Å². The van der Waals surface area contributed by atoms with Crippen LogP contribution in [0.15, 0.2) is 0 Å². The first-order valence-electron chi connectivity index (χ1n) is 1.54. The maximum Gasteiger partial charge on any atom is 0.267 e. The molecule has 50 valence electrons. The molecule has 0 saturated heterocycles. The van der Waals surface area contributed by atoms with E-state index in [1.807, 2.05) is 0 Å². The van der Waals surface area contributed by atoms with Crippen molar-refractivity contribution >= 4 is 34.3 Å². The zero-order valence-corrected chi connectivity index (χ0v) is 5.89. The standard InChI is InChI=1S/C2H3Cl2FO2S/c3-2(4,5)1-8(6)7/h1H2,(H,6,7)/p-1. The number of alkyl halides is 3. The summed E-state index contributed by atoms with van der Waals surface area (Å²) in [6.07, 6.45) is 0. The van der Waals surface area contributed by atoms with E-state index in [-0.39, 0.29) is 0 Å². The molecule has 0 radical (unpaired) electrons. The van der Waals surface area contributed by atoms with Crippen molar-refractivity contribution in [3.8, 4) is 0 Å². The van der Waals surface area contributed by atoms with Gasteiger partial charge in [0.05, 0.1) is 5.75 Å². The topological polar surface area (TPSA) is 40.1 Å². The van der Waals surface area contributed by atoms with Gasteiger partial charge in [-0.3, -0.25) is 4.21 Å². The molecule has 0 aromatic heterocycles. The van der Waals surface area contributed by atoms with Gasteiger partial charge in [0.25, 0.3) is 4.59 Å². The van der Waals surface area contributed by atoms with E-state index >= 15 is 0 Å². The van der Waals surface area contributed by atoms with Crippen LogP contribution in [0.5, 0.6) is 0 Å². The van der Waals surface area contributed by atoms with Gasteiger partial charge in [-0.1, -0.05) is 23.2 Å². The number of hydrogen-bond donors (Lipinski definition) is 0. The molecule has 2 nitrogen and oxygen atoms in total. The number of hydrogen-bond acceptors (Lipinski definition) is 2. The van der Waals surface area contributed by atoms with Gasteiger partial charge >= 0.3 is 0 Å². The monoisotopic (exact) mass is 179 g/mol. The zero-order chi connectivity index (χ0) is 6.78. The molecule has 1 unspecified atom stereocenters. The molecule has 1 atom stereocenters. The van der Waals surface area contributed by atoms with E-state index in [1.54, 1.807) is 0 Å². The van der Waals surface area contributed by atoms with Crippen molar-refractivity contribution in [2.24, 2.45) is 0 Å². The van der Waals surface area contributed by atoms with Crippen LogP contribution in [0.3, 0.4) is 0 Å². The van der Waals surface area contributed by atoms with Gasteiger partial charge in [0.15, 0.2) is 0 Å². The Labute approximate surface area is 58.3 Å². The van der Waals surface area contributed by atoms with Crippen LogP contribution in [-0.4, -0.2) is 19.1 Å². The Hall–Kier alpha value is 0.620. The lowest BCUT2D eigenvalue weighted by atomic mass is 10.9. The van der Waals surface area contributed by atoms with Crippen molar-refractivity contribution in [1.82, 2.24) is 0 Å². The number of rotatable bonds is 2. The first-order valence-corrected chi connectivity index (χ1v) is 3.54. The predicted octanol–water partition coefficient (Wildman–Crippen LogP) is 0.966. The molecule has 0 aromatic rings. The quantitative estimate of drug-likeness (QED) is 0.469. The normalized spacial score (nSPS) is 16.0. The third-order valence-corrected chi connectivity index (χ3v) is 1.50. The smallest absolute Gasteiger partial charge is 0.267 e. The largest absolute Gasteiger partial charge is 0.772 e. The lowest BCUT2D eigenvalue weighted by Crippen LogP contribution is -2.14. The maximum atomic E-state index is 11.8. The van der Waals surface area contributed by atoms with Crippen LogP contribution in [0.2, 0.25) is 0 Å². The van der Waals surface area contributed by atoms with Gasteiger partial charge in [-0.25, -0.2) is 4.39 Å². The highest BCUT2D eigenvalue weighted by Crippen LogP contribution is 2.22. The van der Waals surface area contributed by atoms with Gasteiger partial charge in [-0.05, 0) is 11.1 Å². The Morgan fingerprint density at radius 2 is 2.12 bits per heavy atom. The average Bonchev–Trinajstić information content (AvgIpc) is 1.21. The van der Waals surface area contributed by atoms with E-state index in [4.69, 9.17) is 0 Å². The van der Waals surface area contributed by atoms with Crippen LogP contribution in [0.1, 0.15) is 0 Å². The van der Waals surface area contributed by atoms with E-state index in [0.29, 0.717) is 0 Å². The second kappa shape index (κ2) is 2.96. The summed E-state index contributed by atoms with van der Waals surface area (Å²) in [6, 6.07) is 0. The second-order valence-corrected chi connectivity index (χ2v) is 3.35. The molecule has 0 rings (SSSR count). The molecule has 0 amide bonds. The minimum Gasteiger partial charge on any atom is -0.772 e. The zero-order valence-electron chi connectivity index (χ0n) is 3.57. The summed E-state index contributed by atoms with van der Waals surface area (Å²) in [7, 11) is 0. The molecule has 6 heteroatoms. The van der Waals surface area contributed by atoms with Crippen molar-refractivity contribution in [2.75, 3.05) is 5.75 Å². The van der Waals surface area contributed by atoms with E-state index in [0.717, 1.165) is 0 Å². The predicted molar refractivity (Wildman–Crippen MR) is 29.3 cm³/mol. The highest BCUT2D eigenvalue weighted by Gasteiger charge is 2.21. The Morgan fingerprint density at radius 1 is 1.75 bits per heavy atom. The van der Waals surface area contributed by atoms with Crippen molar-refractivity contribution in [3.63, 3.8) is 0 Å². The van der Waals surface area contributed by atoms with Crippen LogP contribution >= 0.6 is 23.2 Å². The van der Waals surface area contributed by atoms with Crippen molar-refractivity contribution in [3.05, 3.63) is 0 Å². The third kappa shape index (κ3) is 6.62. The summed E-state index contributed by atoms with van der Waals surface area (Å²) in [4.78, 5) is 0. The fraction of sp³-hybridized carbons (Fsp3) is 1.00. The summed E-state index contributed by atoms with van der Waals surface area (Å²) < 4.78 is 28.3. The molecule has 0 aliphatic carbocycles. The SMILES string of the molecule is O=S([O-])CC(F)(Cl)Cl. The van der Waals surface area contributed by atoms with Gasteiger partial charge in [0.2, 0.25) is 0 Å². The van der Waals surface area contributed by atoms with Crippen molar-refractivity contribution < 1.29 is 13.2 Å². The lowest BCUT2D eigenvalue weighted by molar-refractivity contribution is 0.417. The van der Waals surface area contributed by atoms with E-state index in [1.165, 1.54) is 0 Å². The highest BCUT2D eigenvalue weighted by atomic mass is 35.5. The summed E-state index contributed by atoms with van der Waals surface area (Å²) in [5, 5.41) is 0. The van der Waals surface area contributed by atoms with Crippen LogP contribution in [0, 0.1) is 0 Å². The Balaban J connectivity index is 3.55. The molecule has 0 aliphatic rings. The van der Waals surface area contributed by atoms with Crippen LogP contribution in [-0.2, 0) is 11.1 Å². The Kier molecular flexibility index (Phi) is 3.19. The van der Waals surface area contributed by atoms with E-state index in [9.17, 15) is 13.2 Å². The molecule has 0 fully saturated rings. The number of halogens is 3. The first-order chi connectivity index (χ1) is 3.42. The average molecular weight is 180 g/mol. The summed E-state index contributed by atoms with van der Waals surface area (Å²) in [5.41, 5.74) is 0. The molecule has 0 saturated carbocycles. The van der Waals surface area contributed by atoms with Crippen LogP contribution in [0.4, 0.5) is 4.39 Å². The molecular formula is C2H2Cl2FO2S-. The van der Waals surface area contributed by atoms with Gasteiger partial charge in [0.1, 0.15) is 0 Å². The first kappa shape index (κ1) is 8.62. The molecular weight excluding hydrogens is 178 g/mol. The van der Waals surface area contributed by atoms with Crippen molar-refractivity contribution in [2.45, 2.75) is 4.59 Å². The molecule has 0 aliphatic heterocycles. The van der Waals surface area contributed by atoms with Gasteiger partial charge in [-0.15, -0.1) is 0 Å². The summed E-state index contributed by atoms with van der Waals surface area (Å²) in [5.74, 6) is -0.893. The molecule has 0 N–H and O–H groups in total. The van der Waals surface area contributed by atoms with Gasteiger partial charge in [0, 0.05) is 0 Å². The minimum absolute atomic E-state index is 0.893. The van der Waals surface area contributed by atoms with E-state index < -0.39 is 21.4 Å². The summed E-state index contributed by atoms with van der Waals surface area (Å²) in [6.45, 7) is 0. The fourth-order valence-electron chi connectivity index (χ4n) is 0.134. The fourth-order valence-corrected chi connectivity index (χ4v) is 0.935. The Morgan fingerprint density at radius 3 is 2.12 bits per heavy atom. The molecule has 0 bridgehead atoms. The lowest BCUT2D eigenvalue weighted by Gasteiger charge is -2.09. The van der Waals surface area contributed by atoms with Crippen LogP contribution < -0.4 is 0 Å².